The van der Waals surface area contributed by atoms with Crippen molar-refractivity contribution >= 4 is 98.1 Å². The highest BCUT2D eigenvalue weighted by Crippen LogP contribution is 2.37. The standard InChI is InChI=1S/C65H81N19O12/c1-9-51(85)76-53(36(4)5)62(91)74-45(16-14-22-70-63(68)92)60(89)73-42-19-17-39(18-20-42)35-96-65(93)71-24-21-52(86)69-23-15-27-95-50-33-41(57(67)88)31-46-55(50)82(64(75-46)78-61(90)48-29-38(7)80-84(48)11-3)26-13-12-25-81-54-43(30-40(56(66)87)32-49(54)94-8)44-34-72-58(77-59(44)81)47-28-37(6)79-83(47)10-2/h12-13,17-20,28-34,36,45,53H,9-11,14-16,21-27,35H2,1-8H3,(H2,66,87)(H2,67,88)(H,69,86)(H,71,93)(H,73,89)(H,74,91)(H,76,85)(H3,68,70,92)(H,75,78,90)/b13-12+/t45-,53-/m0/s1. The molecule has 508 valence electrons. The number of hydrogen-bond acceptors (Lipinski definition) is 17. The van der Waals surface area contributed by atoms with E-state index in [1.54, 1.807) is 85.6 Å². The van der Waals surface area contributed by atoms with Crippen molar-refractivity contribution in [3.63, 3.8) is 0 Å². The van der Waals surface area contributed by atoms with Gasteiger partial charge in [-0.25, -0.2) is 24.5 Å². The van der Waals surface area contributed by atoms with Gasteiger partial charge >= 0.3 is 12.1 Å². The van der Waals surface area contributed by atoms with Crippen LogP contribution in [0.5, 0.6) is 11.5 Å². The first-order valence-corrected chi connectivity index (χ1v) is 31.4. The van der Waals surface area contributed by atoms with Crippen LogP contribution in [0, 0.1) is 19.8 Å². The average Bonchev–Trinajstić information content (AvgIpc) is 1.59. The minimum Gasteiger partial charge on any atom is -0.495 e. The minimum atomic E-state index is -1.03. The number of aromatic nitrogens is 9. The Balaban J connectivity index is 0.901. The predicted molar refractivity (Wildman–Crippen MR) is 357 cm³/mol. The van der Waals surface area contributed by atoms with Crippen LogP contribution in [0.1, 0.15) is 115 Å². The number of allylic oxidation sites excluding steroid dienone is 2. The fraction of sp³-hybridized carbons (Fsp3) is 0.385. The van der Waals surface area contributed by atoms with E-state index in [0.717, 1.165) is 11.4 Å². The van der Waals surface area contributed by atoms with E-state index in [1.165, 1.54) is 19.2 Å². The second kappa shape index (κ2) is 32.4. The Bertz CT molecular complexity index is 4240. The van der Waals surface area contributed by atoms with E-state index in [2.05, 4.69) is 47.4 Å². The molecule has 96 heavy (non-hydrogen) atoms. The number of amides is 10. The lowest BCUT2D eigenvalue weighted by atomic mass is 10.0. The number of rotatable bonds is 33. The van der Waals surface area contributed by atoms with E-state index >= 15 is 0 Å². The molecule has 0 fully saturated rings. The molecule has 13 N–H and O–H groups in total. The number of hydrogen-bond donors (Lipinski definition) is 10. The number of imidazole rings is 1. The fourth-order valence-electron chi connectivity index (χ4n) is 10.6. The van der Waals surface area contributed by atoms with Gasteiger partial charge in [-0.2, -0.15) is 10.2 Å². The third kappa shape index (κ3) is 17.6. The van der Waals surface area contributed by atoms with Crippen molar-refractivity contribution in [1.82, 2.24) is 70.2 Å². The highest BCUT2D eigenvalue weighted by atomic mass is 16.5. The van der Waals surface area contributed by atoms with Gasteiger partial charge in [0, 0.05) is 92.4 Å². The molecule has 0 aliphatic heterocycles. The van der Waals surface area contributed by atoms with E-state index in [-0.39, 0.29) is 111 Å². The number of urea groups is 1. The lowest BCUT2D eigenvalue weighted by Crippen LogP contribution is -2.54. The highest BCUT2D eigenvalue weighted by Gasteiger charge is 2.30. The lowest BCUT2D eigenvalue weighted by molar-refractivity contribution is -0.132. The molecule has 0 saturated heterocycles. The Hall–Kier alpha value is -11.4. The van der Waals surface area contributed by atoms with Gasteiger partial charge in [-0.1, -0.05) is 45.1 Å². The van der Waals surface area contributed by atoms with Gasteiger partial charge in [-0.3, -0.25) is 48.2 Å². The van der Waals surface area contributed by atoms with Crippen LogP contribution in [0.15, 0.2) is 79.0 Å². The van der Waals surface area contributed by atoms with Crippen LogP contribution in [0.3, 0.4) is 0 Å². The fourth-order valence-corrected chi connectivity index (χ4v) is 10.6. The maximum Gasteiger partial charge on any atom is 0.407 e. The number of primary amides is 3. The molecule has 0 radical (unpaired) electrons. The highest BCUT2D eigenvalue weighted by molar-refractivity contribution is 6.12. The number of carbonyl (C=O) groups excluding carboxylic acids is 9. The van der Waals surface area contributed by atoms with Gasteiger partial charge in [0.1, 0.15) is 52.7 Å². The van der Waals surface area contributed by atoms with Crippen LogP contribution in [0.2, 0.25) is 0 Å². The molecule has 3 aromatic carbocycles. The van der Waals surface area contributed by atoms with Gasteiger partial charge in [0.25, 0.3) is 5.91 Å². The molecule has 31 heteroatoms. The second-order valence-electron chi connectivity index (χ2n) is 22.8. The van der Waals surface area contributed by atoms with Crippen LogP contribution in [-0.4, -0.2) is 143 Å². The summed E-state index contributed by atoms with van der Waals surface area (Å²) in [7, 11) is 1.50. The summed E-state index contributed by atoms with van der Waals surface area (Å²) in [5.74, 6) is -2.80. The molecule has 2 atom stereocenters. The summed E-state index contributed by atoms with van der Waals surface area (Å²) in [5.41, 5.74) is 22.4. The van der Waals surface area contributed by atoms with Gasteiger partial charge in [0.05, 0.1) is 36.1 Å². The Morgan fingerprint density at radius 2 is 1.35 bits per heavy atom. The Kier molecular flexibility index (Phi) is 23.8. The summed E-state index contributed by atoms with van der Waals surface area (Å²) in [6.45, 7) is 14.2. The summed E-state index contributed by atoms with van der Waals surface area (Å²) < 4.78 is 24.6. The molecule has 0 aliphatic rings. The molecule has 8 aromatic rings. The number of nitrogens with zero attached hydrogens (tertiary/aromatic N) is 9. The van der Waals surface area contributed by atoms with Crippen LogP contribution >= 0.6 is 0 Å². The Morgan fingerprint density at radius 3 is 2.03 bits per heavy atom. The molecule has 10 amide bonds. The number of methoxy groups -OCH3 is 1. The van der Waals surface area contributed by atoms with Crippen molar-refractivity contribution in [2.75, 3.05) is 44.0 Å². The lowest BCUT2D eigenvalue weighted by Gasteiger charge is -2.25. The van der Waals surface area contributed by atoms with Crippen molar-refractivity contribution in [3.8, 4) is 23.0 Å². The number of fused-ring (bicyclic) bond motifs is 4. The van der Waals surface area contributed by atoms with Crippen molar-refractivity contribution < 1.29 is 57.4 Å². The number of benzene rings is 3. The zero-order valence-electron chi connectivity index (χ0n) is 54.8. The normalized spacial score (nSPS) is 12.0. The molecule has 0 unspecified atom stereocenters. The number of carbonyl (C=O) groups is 9. The van der Waals surface area contributed by atoms with Gasteiger partial charge in [0.15, 0.2) is 5.82 Å². The smallest absolute Gasteiger partial charge is 0.407 e. The van der Waals surface area contributed by atoms with Crippen LogP contribution < -0.4 is 63.9 Å². The van der Waals surface area contributed by atoms with E-state index in [4.69, 9.17) is 46.4 Å². The summed E-state index contributed by atoms with van der Waals surface area (Å²) >= 11 is 0. The topological polar surface area (TPSA) is 428 Å². The zero-order valence-corrected chi connectivity index (χ0v) is 54.8. The van der Waals surface area contributed by atoms with Crippen molar-refractivity contribution in [2.24, 2.45) is 23.1 Å². The van der Waals surface area contributed by atoms with Gasteiger partial charge < -0.3 is 72.4 Å². The number of ether oxygens (including phenoxy) is 3. The van der Waals surface area contributed by atoms with E-state index in [9.17, 15) is 43.2 Å². The quantitative estimate of drug-likeness (QED) is 0.0191. The third-order valence-electron chi connectivity index (χ3n) is 15.4. The Morgan fingerprint density at radius 1 is 0.677 bits per heavy atom. The maximum atomic E-state index is 14.1. The van der Waals surface area contributed by atoms with E-state index in [0.29, 0.717) is 87.6 Å². The first-order valence-electron chi connectivity index (χ1n) is 31.4. The van der Waals surface area contributed by atoms with Gasteiger partial charge in [-0.15, -0.1) is 0 Å². The Labute approximate surface area is 552 Å². The molecule has 0 spiro atoms. The molecule has 31 nitrogen and oxygen atoms in total. The van der Waals surface area contributed by atoms with Crippen LogP contribution in [0.25, 0.3) is 44.5 Å². The predicted octanol–water partition coefficient (Wildman–Crippen LogP) is 4.99. The second-order valence-corrected chi connectivity index (χ2v) is 22.8. The maximum absolute atomic E-state index is 14.1. The summed E-state index contributed by atoms with van der Waals surface area (Å²) in [6.07, 6.45) is 5.50. The molecule has 5 heterocycles. The van der Waals surface area contributed by atoms with E-state index < -0.39 is 53.7 Å². The molecule has 0 aliphatic carbocycles. The minimum absolute atomic E-state index is 0.0407. The van der Waals surface area contributed by atoms with Crippen molar-refractivity contribution in [3.05, 3.63) is 113 Å². The molecular weight excluding hydrogens is 1240 g/mol. The SMILES string of the molecule is CCC(=O)N[C@H](C(=O)N[C@@H](CCCNC(N)=O)C(=O)Nc1ccc(COC(=O)NCCC(=O)NCCCOc2cc(C(N)=O)cc3nc(NC(=O)c4cc(C)nn4CC)n(C/C=C/Cn4c5nc(-c6cc(C)nn6CC)ncc5c5cc(C(N)=O)cc(OC)c54)c23)cc1)C(C)C. The molecule has 0 saturated carbocycles. The first-order chi connectivity index (χ1) is 46.0. The van der Waals surface area contributed by atoms with Gasteiger partial charge in [-0.05, 0) is 107 Å². The molecule has 8 rings (SSSR count). The largest absolute Gasteiger partial charge is 0.495 e. The summed E-state index contributed by atoms with van der Waals surface area (Å²) in [5, 5.41) is 29.3. The number of alkyl carbamates (subject to hydrolysis) is 1. The first kappa shape index (κ1) is 70.5. The molecular formula is C65H81N19O12. The monoisotopic (exact) mass is 1320 g/mol. The number of nitrogens with one attached hydrogen (secondary N) is 7. The van der Waals surface area contributed by atoms with Gasteiger partial charge in [0.2, 0.25) is 41.4 Å². The van der Waals surface area contributed by atoms with Crippen molar-refractivity contribution in [1.29, 1.82) is 0 Å². The summed E-state index contributed by atoms with van der Waals surface area (Å²) in [4.78, 5) is 130. The average molecular weight is 1320 g/mol. The number of aryl methyl sites for hydroxylation is 4. The molecule has 0 bridgehead atoms. The van der Waals surface area contributed by atoms with Crippen LogP contribution in [-0.2, 0) is 56.7 Å². The molecule has 5 aromatic heterocycles. The summed E-state index contributed by atoms with van der Waals surface area (Å²) in [6, 6.07) is 13.6. The van der Waals surface area contributed by atoms with Crippen LogP contribution in [0.4, 0.5) is 21.2 Å². The number of nitrogens with two attached hydrogens (primary N) is 3. The number of anilines is 2. The van der Waals surface area contributed by atoms with E-state index in [1.807, 2.05) is 48.2 Å². The zero-order chi connectivity index (χ0) is 69.3. The van der Waals surface area contributed by atoms with Crippen molar-refractivity contribution in [2.45, 2.75) is 125 Å². The third-order valence-corrected chi connectivity index (χ3v) is 15.4.